The Morgan fingerprint density at radius 2 is 2.28 bits per heavy atom. The van der Waals surface area contributed by atoms with Crippen LogP contribution in [0.5, 0.6) is 0 Å². The van der Waals surface area contributed by atoms with E-state index in [0.717, 1.165) is 19.0 Å². The summed E-state index contributed by atoms with van der Waals surface area (Å²) in [5.41, 5.74) is 0. The van der Waals surface area contributed by atoms with Gasteiger partial charge in [-0.05, 0) is 52.7 Å². The van der Waals surface area contributed by atoms with Crippen LogP contribution < -0.4 is 5.32 Å². The van der Waals surface area contributed by atoms with Crippen LogP contribution in [0.15, 0.2) is 0 Å². The Morgan fingerprint density at radius 3 is 2.94 bits per heavy atom. The molecule has 1 rings (SSSR count). The zero-order chi connectivity index (χ0) is 13.4. The van der Waals surface area contributed by atoms with Crippen molar-refractivity contribution < 1.29 is 9.53 Å². The largest absolute Gasteiger partial charge is 0.469 e. The Hall–Kier alpha value is -0.610. The quantitative estimate of drug-likeness (QED) is 0.557. The van der Waals surface area contributed by atoms with Crippen LogP contribution >= 0.6 is 0 Å². The maximum Gasteiger partial charge on any atom is 0.307 e. The smallest absolute Gasteiger partial charge is 0.307 e. The minimum atomic E-state index is -0.139. The molecule has 0 aromatic rings. The first kappa shape index (κ1) is 15.4. The highest BCUT2D eigenvalue weighted by atomic mass is 16.5. The van der Waals surface area contributed by atoms with E-state index in [0.29, 0.717) is 6.42 Å². The van der Waals surface area contributed by atoms with Crippen LogP contribution in [0.4, 0.5) is 0 Å². The third-order valence-electron chi connectivity index (χ3n) is 3.76. The van der Waals surface area contributed by atoms with Crippen molar-refractivity contribution in [3.05, 3.63) is 0 Å². The summed E-state index contributed by atoms with van der Waals surface area (Å²) < 4.78 is 4.65. The Labute approximate surface area is 111 Å². The minimum absolute atomic E-state index is 0.139. The molecular weight excluding hydrogens is 228 g/mol. The van der Waals surface area contributed by atoms with E-state index in [1.165, 1.54) is 39.5 Å². The second-order valence-electron chi connectivity index (χ2n) is 5.37. The molecule has 0 spiro atoms. The van der Waals surface area contributed by atoms with Gasteiger partial charge in [0, 0.05) is 12.1 Å². The normalized spacial score (nSPS) is 22.7. The van der Waals surface area contributed by atoms with E-state index in [4.69, 9.17) is 0 Å². The number of likely N-dealkylation sites (tertiary alicyclic amines) is 1. The van der Waals surface area contributed by atoms with Crippen molar-refractivity contribution in [1.29, 1.82) is 0 Å². The lowest BCUT2D eigenvalue weighted by molar-refractivity contribution is -0.141. The molecular formula is C14H28N2O2. The first-order chi connectivity index (χ1) is 8.63. The van der Waals surface area contributed by atoms with Gasteiger partial charge in [0.1, 0.15) is 0 Å². The SMILES string of the molecule is COC(=O)CC(C)NCCCN1CCCCC1C. The van der Waals surface area contributed by atoms with Gasteiger partial charge in [-0.15, -0.1) is 0 Å². The molecule has 1 N–H and O–H groups in total. The Balaban J connectivity index is 2.05. The highest BCUT2D eigenvalue weighted by Gasteiger charge is 2.17. The van der Waals surface area contributed by atoms with Crippen molar-refractivity contribution in [3.8, 4) is 0 Å². The maximum atomic E-state index is 11.1. The van der Waals surface area contributed by atoms with Gasteiger partial charge < -0.3 is 15.0 Å². The number of methoxy groups -OCH3 is 1. The molecule has 0 aromatic heterocycles. The predicted molar refractivity (Wildman–Crippen MR) is 73.6 cm³/mol. The van der Waals surface area contributed by atoms with Gasteiger partial charge in [-0.25, -0.2) is 0 Å². The van der Waals surface area contributed by atoms with E-state index >= 15 is 0 Å². The number of ether oxygens (including phenoxy) is 1. The first-order valence-corrected chi connectivity index (χ1v) is 7.17. The molecule has 0 aliphatic carbocycles. The van der Waals surface area contributed by atoms with Crippen LogP contribution in [-0.2, 0) is 9.53 Å². The van der Waals surface area contributed by atoms with Gasteiger partial charge in [0.15, 0.2) is 0 Å². The molecule has 0 saturated carbocycles. The lowest BCUT2D eigenvalue weighted by Gasteiger charge is -2.33. The number of hydrogen-bond acceptors (Lipinski definition) is 4. The molecule has 4 nitrogen and oxygen atoms in total. The van der Waals surface area contributed by atoms with Crippen molar-refractivity contribution in [2.75, 3.05) is 26.7 Å². The van der Waals surface area contributed by atoms with E-state index in [1.54, 1.807) is 0 Å². The molecule has 2 unspecified atom stereocenters. The first-order valence-electron chi connectivity index (χ1n) is 7.17. The molecule has 1 aliphatic heterocycles. The van der Waals surface area contributed by atoms with E-state index < -0.39 is 0 Å². The predicted octanol–water partition coefficient (Wildman–Crippen LogP) is 1.79. The summed E-state index contributed by atoms with van der Waals surface area (Å²) >= 11 is 0. The van der Waals surface area contributed by atoms with Gasteiger partial charge in [0.2, 0.25) is 0 Å². The summed E-state index contributed by atoms with van der Waals surface area (Å²) in [6.07, 6.45) is 5.67. The number of piperidine rings is 1. The number of carbonyl (C=O) groups excluding carboxylic acids is 1. The third kappa shape index (κ3) is 5.83. The molecule has 2 atom stereocenters. The average molecular weight is 256 g/mol. The van der Waals surface area contributed by atoms with Gasteiger partial charge in [-0.3, -0.25) is 4.79 Å². The van der Waals surface area contributed by atoms with Gasteiger partial charge in [-0.2, -0.15) is 0 Å². The van der Waals surface area contributed by atoms with Crippen molar-refractivity contribution in [1.82, 2.24) is 10.2 Å². The topological polar surface area (TPSA) is 41.6 Å². The van der Waals surface area contributed by atoms with Crippen molar-refractivity contribution >= 4 is 5.97 Å². The zero-order valence-electron chi connectivity index (χ0n) is 12.1. The van der Waals surface area contributed by atoms with Gasteiger partial charge in [-0.1, -0.05) is 6.42 Å². The molecule has 1 aliphatic rings. The molecule has 0 bridgehead atoms. The van der Waals surface area contributed by atoms with Gasteiger partial charge in [0.05, 0.1) is 13.5 Å². The van der Waals surface area contributed by atoms with E-state index in [-0.39, 0.29) is 12.0 Å². The standard InChI is InChI=1S/C14H28N2O2/c1-12(11-14(17)18-3)15-8-6-10-16-9-5-4-7-13(16)2/h12-13,15H,4-11H2,1-3H3. The molecule has 106 valence electrons. The van der Waals surface area contributed by atoms with Crippen LogP contribution in [0.25, 0.3) is 0 Å². The fourth-order valence-corrected chi connectivity index (χ4v) is 2.53. The summed E-state index contributed by atoms with van der Waals surface area (Å²) in [6.45, 7) is 7.74. The van der Waals surface area contributed by atoms with Crippen LogP contribution in [0.2, 0.25) is 0 Å². The molecule has 1 saturated heterocycles. The summed E-state index contributed by atoms with van der Waals surface area (Å²) in [5, 5.41) is 3.37. The van der Waals surface area contributed by atoms with Gasteiger partial charge in [0.25, 0.3) is 0 Å². The van der Waals surface area contributed by atoms with Gasteiger partial charge >= 0.3 is 5.97 Å². The second-order valence-corrected chi connectivity index (χ2v) is 5.37. The lowest BCUT2D eigenvalue weighted by atomic mass is 10.0. The van der Waals surface area contributed by atoms with E-state index in [2.05, 4.69) is 21.9 Å². The summed E-state index contributed by atoms with van der Waals surface area (Å²) in [6, 6.07) is 0.947. The van der Waals surface area contributed by atoms with Crippen LogP contribution in [0.3, 0.4) is 0 Å². The molecule has 0 aromatic carbocycles. The number of nitrogens with one attached hydrogen (secondary N) is 1. The van der Waals surface area contributed by atoms with Crippen molar-refractivity contribution in [3.63, 3.8) is 0 Å². The monoisotopic (exact) mass is 256 g/mol. The number of hydrogen-bond donors (Lipinski definition) is 1. The Bertz CT molecular complexity index is 246. The third-order valence-corrected chi connectivity index (χ3v) is 3.76. The molecule has 1 heterocycles. The zero-order valence-corrected chi connectivity index (χ0v) is 12.1. The average Bonchev–Trinajstić information content (AvgIpc) is 2.36. The summed E-state index contributed by atoms with van der Waals surface area (Å²) in [5.74, 6) is -0.139. The Morgan fingerprint density at radius 1 is 1.50 bits per heavy atom. The molecule has 4 heteroatoms. The van der Waals surface area contributed by atoms with Crippen LogP contribution in [-0.4, -0.2) is 49.7 Å². The maximum absolute atomic E-state index is 11.1. The number of rotatable bonds is 7. The summed E-state index contributed by atoms with van der Waals surface area (Å²) in [4.78, 5) is 13.7. The van der Waals surface area contributed by atoms with Crippen molar-refractivity contribution in [2.45, 2.75) is 58.0 Å². The fraction of sp³-hybridized carbons (Fsp3) is 0.929. The highest BCUT2D eigenvalue weighted by molar-refractivity contribution is 5.69. The molecule has 18 heavy (non-hydrogen) atoms. The van der Waals surface area contributed by atoms with Crippen LogP contribution in [0.1, 0.15) is 46.0 Å². The van der Waals surface area contributed by atoms with E-state index in [1.807, 2.05) is 6.92 Å². The number of carbonyl (C=O) groups is 1. The Kier molecular flexibility index (Phi) is 7.28. The molecule has 0 amide bonds. The second kappa shape index (κ2) is 8.48. The molecule has 1 fully saturated rings. The highest BCUT2D eigenvalue weighted by Crippen LogP contribution is 2.16. The minimum Gasteiger partial charge on any atom is -0.469 e. The number of nitrogens with zero attached hydrogens (tertiary/aromatic N) is 1. The fourth-order valence-electron chi connectivity index (χ4n) is 2.53. The molecule has 0 radical (unpaired) electrons. The van der Waals surface area contributed by atoms with Crippen molar-refractivity contribution in [2.24, 2.45) is 0 Å². The lowest BCUT2D eigenvalue weighted by Crippen LogP contribution is -2.39. The van der Waals surface area contributed by atoms with Crippen LogP contribution in [0, 0.1) is 0 Å². The number of esters is 1. The summed E-state index contributed by atoms with van der Waals surface area (Å²) in [7, 11) is 1.44. The van der Waals surface area contributed by atoms with E-state index in [9.17, 15) is 4.79 Å².